The van der Waals surface area contributed by atoms with Gasteiger partial charge in [0.15, 0.2) is 11.9 Å². The zero-order chi connectivity index (χ0) is 17.3. The van der Waals surface area contributed by atoms with Gasteiger partial charge in [-0.05, 0) is 31.6 Å². The number of hydrogen-bond acceptors (Lipinski definition) is 5. The van der Waals surface area contributed by atoms with E-state index in [0.717, 1.165) is 11.1 Å². The fourth-order valence-electron chi connectivity index (χ4n) is 4.62. The number of amides is 2. The summed E-state index contributed by atoms with van der Waals surface area (Å²) in [6, 6.07) is 5.73. The fourth-order valence-corrected chi connectivity index (χ4v) is 4.62. The van der Waals surface area contributed by atoms with Crippen LogP contribution in [-0.4, -0.2) is 43.0 Å². The fraction of sp³-hybridized carbons (Fsp3) is 0.474. The SMILES string of the molecule is Cc1ccc(N2C(=O)[C@H]3[C@H]4C=C[C@@](C5OCCO5)(O4)[C@H]3C2=O)c(C)c1. The van der Waals surface area contributed by atoms with Gasteiger partial charge < -0.3 is 14.2 Å². The highest BCUT2D eigenvalue weighted by Crippen LogP contribution is 2.55. The molecule has 2 amide bonds. The second kappa shape index (κ2) is 5.00. The molecule has 0 aromatic heterocycles. The first-order valence-electron chi connectivity index (χ1n) is 8.58. The quantitative estimate of drug-likeness (QED) is 0.602. The van der Waals surface area contributed by atoms with Crippen LogP contribution in [0.4, 0.5) is 5.69 Å². The van der Waals surface area contributed by atoms with Crippen molar-refractivity contribution in [1.82, 2.24) is 0 Å². The maximum absolute atomic E-state index is 13.3. The third-order valence-electron chi connectivity index (χ3n) is 5.66. The molecule has 3 fully saturated rings. The molecule has 0 N–H and O–H groups in total. The molecule has 4 atom stereocenters. The molecule has 0 radical (unpaired) electrons. The lowest BCUT2D eigenvalue weighted by Gasteiger charge is -2.32. The van der Waals surface area contributed by atoms with E-state index in [1.807, 2.05) is 44.2 Å². The van der Waals surface area contributed by atoms with Crippen molar-refractivity contribution in [2.24, 2.45) is 11.8 Å². The number of hydrogen-bond donors (Lipinski definition) is 0. The molecule has 6 nitrogen and oxygen atoms in total. The molecule has 0 spiro atoms. The monoisotopic (exact) mass is 341 g/mol. The van der Waals surface area contributed by atoms with Crippen molar-refractivity contribution in [2.45, 2.75) is 31.8 Å². The van der Waals surface area contributed by atoms with Crippen LogP contribution in [0.1, 0.15) is 11.1 Å². The van der Waals surface area contributed by atoms with Crippen LogP contribution in [0.15, 0.2) is 30.4 Å². The molecule has 130 valence electrons. The molecule has 4 aliphatic rings. The Morgan fingerprint density at radius 2 is 1.88 bits per heavy atom. The van der Waals surface area contributed by atoms with Gasteiger partial charge in [-0.15, -0.1) is 0 Å². The summed E-state index contributed by atoms with van der Waals surface area (Å²) in [6.07, 6.45) is 2.68. The smallest absolute Gasteiger partial charge is 0.241 e. The van der Waals surface area contributed by atoms with E-state index in [-0.39, 0.29) is 11.8 Å². The van der Waals surface area contributed by atoms with Crippen molar-refractivity contribution in [3.8, 4) is 0 Å². The molecule has 1 aromatic carbocycles. The number of ether oxygens (including phenoxy) is 3. The zero-order valence-electron chi connectivity index (χ0n) is 14.1. The highest BCUT2D eigenvalue weighted by atomic mass is 16.7. The first-order valence-corrected chi connectivity index (χ1v) is 8.58. The van der Waals surface area contributed by atoms with Crippen LogP contribution in [0, 0.1) is 25.7 Å². The van der Waals surface area contributed by atoms with Crippen LogP contribution >= 0.6 is 0 Å². The molecule has 4 heterocycles. The van der Waals surface area contributed by atoms with Crippen molar-refractivity contribution in [1.29, 1.82) is 0 Å². The van der Waals surface area contributed by atoms with Crippen LogP contribution in [0.3, 0.4) is 0 Å². The Morgan fingerprint density at radius 3 is 2.60 bits per heavy atom. The first-order chi connectivity index (χ1) is 12.0. The van der Waals surface area contributed by atoms with Crippen LogP contribution in [0.2, 0.25) is 0 Å². The second-order valence-corrected chi connectivity index (χ2v) is 7.17. The van der Waals surface area contributed by atoms with Gasteiger partial charge in [-0.2, -0.15) is 0 Å². The van der Waals surface area contributed by atoms with E-state index in [1.165, 1.54) is 4.90 Å². The average molecular weight is 341 g/mol. The molecule has 6 heteroatoms. The minimum atomic E-state index is -0.994. The van der Waals surface area contributed by atoms with Gasteiger partial charge in [0, 0.05) is 0 Å². The summed E-state index contributed by atoms with van der Waals surface area (Å²) >= 11 is 0. The predicted octanol–water partition coefficient (Wildman–Crippen LogP) is 1.49. The Hall–Kier alpha value is -2.02. The summed E-state index contributed by atoms with van der Waals surface area (Å²) in [6.45, 7) is 4.84. The number of rotatable bonds is 2. The van der Waals surface area contributed by atoms with Gasteiger partial charge in [0.2, 0.25) is 11.8 Å². The Balaban J connectivity index is 1.58. The molecule has 5 rings (SSSR count). The van der Waals surface area contributed by atoms with Gasteiger partial charge in [0.25, 0.3) is 0 Å². The molecular weight excluding hydrogens is 322 g/mol. The highest BCUT2D eigenvalue weighted by molar-refractivity contribution is 6.23. The molecule has 0 unspecified atom stereocenters. The number of carbonyl (C=O) groups is 2. The average Bonchev–Trinajstić information content (AvgIpc) is 3.33. The van der Waals surface area contributed by atoms with Crippen molar-refractivity contribution in [3.63, 3.8) is 0 Å². The minimum Gasteiger partial charge on any atom is -0.357 e. The Kier molecular flexibility index (Phi) is 3.05. The second-order valence-electron chi connectivity index (χ2n) is 7.17. The third kappa shape index (κ3) is 1.84. The summed E-state index contributed by atoms with van der Waals surface area (Å²) in [7, 11) is 0. The van der Waals surface area contributed by atoms with Crippen molar-refractivity contribution in [2.75, 3.05) is 18.1 Å². The normalized spacial score (nSPS) is 36.7. The molecular formula is C19H19NO5. The van der Waals surface area contributed by atoms with Crippen LogP contribution < -0.4 is 4.90 Å². The van der Waals surface area contributed by atoms with Gasteiger partial charge in [0.1, 0.15) is 0 Å². The van der Waals surface area contributed by atoms with E-state index < -0.39 is 29.8 Å². The number of benzene rings is 1. The predicted molar refractivity (Wildman–Crippen MR) is 87.8 cm³/mol. The van der Waals surface area contributed by atoms with E-state index in [4.69, 9.17) is 14.2 Å². The number of imide groups is 1. The van der Waals surface area contributed by atoms with E-state index in [0.29, 0.717) is 18.9 Å². The number of aryl methyl sites for hydroxylation is 2. The number of nitrogens with zero attached hydrogens (tertiary/aromatic N) is 1. The van der Waals surface area contributed by atoms with Gasteiger partial charge in [-0.1, -0.05) is 23.8 Å². The largest absolute Gasteiger partial charge is 0.357 e. The standard InChI is InChI=1S/C19H19NO5/c1-10-3-4-12(11(2)9-10)20-16(21)14-13-5-6-19(25-13,15(14)17(20)22)18-23-7-8-24-18/h3-6,9,13-15,18H,7-8H2,1-2H3/t13-,14+,15-,19-/m1/s1. The molecule has 0 aliphatic carbocycles. The Labute approximate surface area is 145 Å². The summed E-state index contributed by atoms with van der Waals surface area (Å²) in [4.78, 5) is 27.7. The molecule has 1 aromatic rings. The van der Waals surface area contributed by atoms with Gasteiger partial charge >= 0.3 is 0 Å². The minimum absolute atomic E-state index is 0.198. The van der Waals surface area contributed by atoms with Gasteiger partial charge in [0.05, 0.1) is 36.8 Å². The van der Waals surface area contributed by atoms with Crippen LogP contribution in [-0.2, 0) is 23.8 Å². The van der Waals surface area contributed by atoms with Gasteiger partial charge in [-0.3, -0.25) is 9.59 Å². The number of anilines is 1. The van der Waals surface area contributed by atoms with E-state index in [1.54, 1.807) is 0 Å². The van der Waals surface area contributed by atoms with Gasteiger partial charge in [-0.25, -0.2) is 4.90 Å². The Morgan fingerprint density at radius 1 is 1.12 bits per heavy atom. The maximum Gasteiger partial charge on any atom is 0.241 e. The van der Waals surface area contributed by atoms with Crippen molar-refractivity contribution >= 4 is 17.5 Å². The van der Waals surface area contributed by atoms with E-state index in [9.17, 15) is 9.59 Å². The summed E-state index contributed by atoms with van der Waals surface area (Å²) in [5.74, 6) is -1.53. The van der Waals surface area contributed by atoms with Crippen molar-refractivity contribution < 1.29 is 23.8 Å². The molecule has 4 aliphatic heterocycles. The van der Waals surface area contributed by atoms with Crippen LogP contribution in [0.5, 0.6) is 0 Å². The molecule has 2 bridgehead atoms. The van der Waals surface area contributed by atoms with E-state index in [2.05, 4.69) is 0 Å². The lowest BCUT2D eigenvalue weighted by atomic mass is 9.76. The molecule has 3 saturated heterocycles. The summed E-state index contributed by atoms with van der Waals surface area (Å²) < 4.78 is 17.4. The molecule has 0 saturated carbocycles. The highest BCUT2D eigenvalue weighted by Gasteiger charge is 2.71. The van der Waals surface area contributed by atoms with Crippen LogP contribution in [0.25, 0.3) is 0 Å². The number of carbonyl (C=O) groups excluding carboxylic acids is 2. The maximum atomic E-state index is 13.3. The topological polar surface area (TPSA) is 65.1 Å². The van der Waals surface area contributed by atoms with Crippen molar-refractivity contribution in [3.05, 3.63) is 41.5 Å². The Bertz CT molecular complexity index is 812. The first kappa shape index (κ1) is 15.3. The molecule has 25 heavy (non-hydrogen) atoms. The lowest BCUT2D eigenvalue weighted by Crippen LogP contribution is -2.49. The van der Waals surface area contributed by atoms with E-state index >= 15 is 0 Å². The third-order valence-corrected chi connectivity index (χ3v) is 5.66. The summed E-state index contributed by atoms with van der Waals surface area (Å²) in [5.41, 5.74) is 1.66. The number of fused-ring (bicyclic) bond motifs is 5. The summed E-state index contributed by atoms with van der Waals surface area (Å²) in [5, 5.41) is 0. The zero-order valence-corrected chi connectivity index (χ0v) is 14.1. The lowest BCUT2D eigenvalue weighted by molar-refractivity contribution is -0.180.